The van der Waals surface area contributed by atoms with Crippen LogP contribution in [-0.2, 0) is 14.6 Å². The number of carboxylic acid groups (broad SMARTS) is 1. The zero-order valence-electron chi connectivity index (χ0n) is 11.8. The minimum absolute atomic E-state index is 0.188. The highest BCUT2D eigenvalue weighted by Crippen LogP contribution is 2.18. The van der Waals surface area contributed by atoms with Crippen molar-refractivity contribution in [2.24, 2.45) is 0 Å². The van der Waals surface area contributed by atoms with Crippen molar-refractivity contribution in [2.45, 2.75) is 24.8 Å². The number of hydrogen-bond acceptors (Lipinski definition) is 4. The van der Waals surface area contributed by atoms with Gasteiger partial charge in [0.25, 0.3) is 0 Å². The molecule has 0 heterocycles. The molecule has 0 saturated carbocycles. The van der Waals surface area contributed by atoms with Gasteiger partial charge in [-0.2, -0.15) is 0 Å². The highest BCUT2D eigenvalue weighted by Gasteiger charge is 2.26. The monoisotopic (exact) mass is 317 g/mol. The second-order valence-electron chi connectivity index (χ2n) is 4.81. The number of sulfone groups is 1. The van der Waals surface area contributed by atoms with Gasteiger partial charge in [0.05, 0.1) is 5.56 Å². The second-order valence-corrected chi connectivity index (χ2v) is 6.77. The first-order chi connectivity index (χ1) is 9.56. The number of amides is 1. The highest BCUT2D eigenvalue weighted by molar-refractivity contribution is 7.92. The molecule has 0 aliphatic heterocycles. The molecule has 1 rings (SSSR count). The summed E-state index contributed by atoms with van der Waals surface area (Å²) in [6.07, 6.45) is 0. The Balaban J connectivity index is 3.09. The molecule has 21 heavy (non-hydrogen) atoms. The normalized spacial score (nSPS) is 11.5. The molecule has 0 atom stereocenters. The molecule has 0 aromatic heterocycles. The predicted molar refractivity (Wildman–Crippen MR) is 73.3 cm³/mol. The minimum atomic E-state index is -4.17. The van der Waals surface area contributed by atoms with Crippen LogP contribution in [0, 0.1) is 5.82 Å². The number of carboxylic acids is 1. The fourth-order valence-corrected chi connectivity index (χ4v) is 2.83. The molecule has 0 fully saturated rings. The summed E-state index contributed by atoms with van der Waals surface area (Å²) in [6.45, 7) is 3.43. The van der Waals surface area contributed by atoms with Crippen LogP contribution in [0.2, 0.25) is 0 Å². The Hall–Kier alpha value is -1.96. The predicted octanol–water partition coefficient (Wildman–Crippen LogP) is 1.16. The molecule has 0 unspecified atom stereocenters. The van der Waals surface area contributed by atoms with Crippen molar-refractivity contribution in [1.82, 2.24) is 4.90 Å². The number of aromatic carboxylic acids is 1. The van der Waals surface area contributed by atoms with E-state index in [1.54, 1.807) is 13.8 Å². The number of rotatable bonds is 5. The molecule has 8 heteroatoms. The van der Waals surface area contributed by atoms with Gasteiger partial charge in [0.1, 0.15) is 16.5 Å². The molecule has 0 radical (unpaired) electrons. The summed E-state index contributed by atoms with van der Waals surface area (Å²) in [5.41, 5.74) is -0.364. The van der Waals surface area contributed by atoms with Gasteiger partial charge in [-0.15, -0.1) is 0 Å². The average molecular weight is 317 g/mol. The van der Waals surface area contributed by atoms with Crippen molar-refractivity contribution < 1.29 is 27.5 Å². The largest absolute Gasteiger partial charge is 0.478 e. The summed E-state index contributed by atoms with van der Waals surface area (Å²) in [5, 5.41) is 8.71. The van der Waals surface area contributed by atoms with Crippen molar-refractivity contribution in [3.8, 4) is 0 Å². The Bertz CT molecular complexity index is 669. The van der Waals surface area contributed by atoms with Crippen LogP contribution in [0.15, 0.2) is 23.1 Å². The minimum Gasteiger partial charge on any atom is -0.478 e. The fraction of sp³-hybridized carbons (Fsp3) is 0.385. The molecule has 0 aliphatic carbocycles. The lowest BCUT2D eigenvalue weighted by Crippen LogP contribution is -2.37. The Morgan fingerprint density at radius 1 is 1.33 bits per heavy atom. The summed E-state index contributed by atoms with van der Waals surface area (Å²) in [4.78, 5) is 23.0. The van der Waals surface area contributed by atoms with E-state index >= 15 is 0 Å². The van der Waals surface area contributed by atoms with E-state index in [1.165, 1.54) is 11.9 Å². The van der Waals surface area contributed by atoms with Crippen LogP contribution in [0.1, 0.15) is 24.2 Å². The first-order valence-corrected chi connectivity index (χ1v) is 7.72. The molecule has 116 valence electrons. The average Bonchev–Trinajstić information content (AvgIpc) is 2.36. The topological polar surface area (TPSA) is 91.8 Å². The first-order valence-electron chi connectivity index (χ1n) is 6.07. The number of nitrogens with zero attached hydrogens (tertiary/aromatic N) is 1. The maximum Gasteiger partial charge on any atom is 0.335 e. The zero-order valence-corrected chi connectivity index (χ0v) is 12.6. The molecule has 6 nitrogen and oxygen atoms in total. The van der Waals surface area contributed by atoms with E-state index < -0.39 is 38.2 Å². The highest BCUT2D eigenvalue weighted by atomic mass is 32.2. The Kier molecular flexibility index (Phi) is 5.06. The van der Waals surface area contributed by atoms with E-state index in [0.29, 0.717) is 6.07 Å². The van der Waals surface area contributed by atoms with E-state index in [2.05, 4.69) is 0 Å². The van der Waals surface area contributed by atoms with Gasteiger partial charge in [0.2, 0.25) is 5.91 Å². The van der Waals surface area contributed by atoms with Gasteiger partial charge >= 0.3 is 5.97 Å². The number of carbonyl (C=O) groups excluding carboxylic acids is 1. The molecule has 0 saturated heterocycles. The van der Waals surface area contributed by atoms with E-state index in [-0.39, 0.29) is 11.6 Å². The summed E-state index contributed by atoms with van der Waals surface area (Å²) >= 11 is 0. The third kappa shape index (κ3) is 4.01. The van der Waals surface area contributed by atoms with Crippen molar-refractivity contribution in [3.63, 3.8) is 0 Å². The molecule has 1 aromatic rings. The number of halogens is 1. The lowest BCUT2D eigenvalue weighted by atomic mass is 10.2. The SMILES string of the molecule is CC(C)N(C)C(=O)CS(=O)(=O)c1ccc(C(=O)O)cc1F. The third-order valence-corrected chi connectivity index (χ3v) is 4.62. The van der Waals surface area contributed by atoms with Crippen molar-refractivity contribution in [2.75, 3.05) is 12.8 Å². The van der Waals surface area contributed by atoms with Crippen LogP contribution in [-0.4, -0.2) is 49.1 Å². The maximum atomic E-state index is 13.7. The van der Waals surface area contributed by atoms with E-state index in [1.807, 2.05) is 0 Å². The maximum absolute atomic E-state index is 13.7. The fourth-order valence-electron chi connectivity index (χ4n) is 1.52. The lowest BCUT2D eigenvalue weighted by Gasteiger charge is -2.21. The molecular weight excluding hydrogens is 301 g/mol. The van der Waals surface area contributed by atoms with Gasteiger partial charge in [0, 0.05) is 13.1 Å². The molecule has 1 amide bonds. The standard InChI is InChI=1S/C13H16FNO5S/c1-8(2)15(3)12(16)7-21(19,20)11-5-4-9(13(17)18)6-10(11)14/h4-6,8H,7H2,1-3H3,(H,17,18). The molecule has 0 bridgehead atoms. The second kappa shape index (κ2) is 6.21. The van der Waals surface area contributed by atoms with E-state index in [0.717, 1.165) is 12.1 Å². The Morgan fingerprint density at radius 3 is 2.33 bits per heavy atom. The van der Waals surface area contributed by atoms with Gasteiger partial charge in [-0.25, -0.2) is 17.6 Å². The lowest BCUT2D eigenvalue weighted by molar-refractivity contribution is -0.128. The molecule has 0 aliphatic rings. The van der Waals surface area contributed by atoms with Gasteiger partial charge in [-0.05, 0) is 32.0 Å². The molecule has 1 aromatic carbocycles. The quantitative estimate of drug-likeness (QED) is 0.880. The summed E-state index contributed by atoms with van der Waals surface area (Å²) in [7, 11) is -2.72. The van der Waals surface area contributed by atoms with Crippen molar-refractivity contribution in [1.29, 1.82) is 0 Å². The van der Waals surface area contributed by atoms with Crippen LogP contribution in [0.4, 0.5) is 4.39 Å². The number of carbonyl (C=O) groups is 2. The zero-order chi connectivity index (χ0) is 16.4. The van der Waals surface area contributed by atoms with Crippen molar-refractivity contribution >= 4 is 21.7 Å². The number of hydrogen-bond donors (Lipinski definition) is 1. The van der Waals surface area contributed by atoms with Gasteiger partial charge in [-0.1, -0.05) is 0 Å². The van der Waals surface area contributed by atoms with E-state index in [4.69, 9.17) is 5.11 Å². The van der Waals surface area contributed by atoms with Crippen LogP contribution in [0.3, 0.4) is 0 Å². The molecule has 1 N–H and O–H groups in total. The van der Waals surface area contributed by atoms with Crippen LogP contribution >= 0.6 is 0 Å². The Labute approximate surface area is 122 Å². The van der Waals surface area contributed by atoms with Gasteiger partial charge in [-0.3, -0.25) is 4.79 Å². The van der Waals surface area contributed by atoms with Crippen LogP contribution < -0.4 is 0 Å². The molecule has 0 spiro atoms. The van der Waals surface area contributed by atoms with E-state index in [9.17, 15) is 22.4 Å². The van der Waals surface area contributed by atoms with Gasteiger partial charge < -0.3 is 10.0 Å². The Morgan fingerprint density at radius 2 is 1.90 bits per heavy atom. The summed E-state index contributed by atoms with van der Waals surface area (Å²) < 4.78 is 37.8. The number of benzene rings is 1. The van der Waals surface area contributed by atoms with Crippen LogP contribution in [0.25, 0.3) is 0 Å². The molecular formula is C13H16FNO5S. The van der Waals surface area contributed by atoms with Crippen LogP contribution in [0.5, 0.6) is 0 Å². The third-order valence-electron chi connectivity index (χ3n) is 3.00. The summed E-state index contributed by atoms with van der Waals surface area (Å²) in [6, 6.07) is 2.27. The van der Waals surface area contributed by atoms with Gasteiger partial charge in [0.15, 0.2) is 9.84 Å². The smallest absolute Gasteiger partial charge is 0.335 e. The van der Waals surface area contributed by atoms with Crippen molar-refractivity contribution in [3.05, 3.63) is 29.6 Å². The first kappa shape index (κ1) is 17.1. The summed E-state index contributed by atoms with van der Waals surface area (Å²) in [5.74, 6) is -4.08.